The topological polar surface area (TPSA) is 82.7 Å². The van der Waals surface area contributed by atoms with Crippen molar-refractivity contribution in [1.29, 1.82) is 0 Å². The predicted octanol–water partition coefficient (Wildman–Crippen LogP) is 4.20. The van der Waals surface area contributed by atoms with E-state index in [1.807, 2.05) is 37.3 Å². The first-order valence-corrected chi connectivity index (χ1v) is 10.7. The zero-order chi connectivity index (χ0) is 20.6. The number of aryl methyl sites for hydroxylation is 1. The highest BCUT2D eigenvalue weighted by Gasteiger charge is 2.11. The van der Waals surface area contributed by atoms with E-state index in [4.69, 9.17) is 16.0 Å². The number of aliphatic imine (C=N–C) groups is 1. The fraction of sp³-hybridized carbons (Fsp3) is 0.333. The molecule has 0 fully saturated rings. The summed E-state index contributed by atoms with van der Waals surface area (Å²) in [7, 11) is 0. The van der Waals surface area contributed by atoms with E-state index in [9.17, 15) is 5.11 Å². The minimum Gasteiger partial charge on any atom is -0.444 e. The van der Waals surface area contributed by atoms with E-state index < -0.39 is 6.10 Å². The lowest BCUT2D eigenvalue weighted by atomic mass is 10.1. The molecule has 2 aromatic heterocycles. The molecule has 0 aliphatic heterocycles. The van der Waals surface area contributed by atoms with Crippen molar-refractivity contribution in [3.8, 4) is 11.5 Å². The van der Waals surface area contributed by atoms with Crippen LogP contribution in [0, 0.1) is 6.92 Å². The van der Waals surface area contributed by atoms with Crippen molar-refractivity contribution >= 4 is 28.9 Å². The van der Waals surface area contributed by atoms with Crippen LogP contribution in [0.4, 0.5) is 0 Å². The Bertz CT molecular complexity index is 936. The van der Waals surface area contributed by atoms with Crippen LogP contribution in [0.5, 0.6) is 0 Å². The number of halogens is 1. The number of aliphatic hydroxyl groups is 1. The van der Waals surface area contributed by atoms with Crippen molar-refractivity contribution in [2.24, 2.45) is 4.99 Å². The summed E-state index contributed by atoms with van der Waals surface area (Å²) < 4.78 is 6.26. The third-order valence-corrected chi connectivity index (χ3v) is 5.55. The molecule has 0 bridgehead atoms. The van der Waals surface area contributed by atoms with Crippen molar-refractivity contribution in [3.05, 3.63) is 63.1 Å². The Hall–Kier alpha value is -2.35. The number of aromatic nitrogens is 1. The normalized spacial score (nSPS) is 12.8. The number of aliphatic hydroxyl groups excluding tert-OH is 1. The monoisotopic (exact) mass is 432 g/mol. The molecule has 6 nitrogen and oxygen atoms in total. The van der Waals surface area contributed by atoms with E-state index in [1.165, 1.54) is 16.9 Å². The fourth-order valence-electron chi connectivity index (χ4n) is 2.68. The third-order valence-electron chi connectivity index (χ3n) is 4.21. The number of thiophene rings is 1. The predicted molar refractivity (Wildman–Crippen MR) is 119 cm³/mol. The molecule has 0 amide bonds. The molecular weight excluding hydrogens is 408 g/mol. The Balaban J connectivity index is 1.52. The highest BCUT2D eigenvalue weighted by atomic mass is 35.5. The first-order valence-electron chi connectivity index (χ1n) is 9.52. The van der Waals surface area contributed by atoms with Crippen LogP contribution in [0.25, 0.3) is 11.5 Å². The molecule has 0 radical (unpaired) electrons. The van der Waals surface area contributed by atoms with E-state index in [1.54, 1.807) is 12.3 Å². The molecule has 0 aliphatic rings. The van der Waals surface area contributed by atoms with Gasteiger partial charge in [0.1, 0.15) is 12.4 Å². The Morgan fingerprint density at radius 2 is 2.03 bits per heavy atom. The molecule has 2 heterocycles. The van der Waals surface area contributed by atoms with Gasteiger partial charge >= 0.3 is 0 Å². The number of benzene rings is 1. The summed E-state index contributed by atoms with van der Waals surface area (Å²) in [5.41, 5.74) is 3.04. The maximum atomic E-state index is 10.2. The molecule has 1 aromatic carbocycles. The maximum Gasteiger partial charge on any atom is 0.226 e. The van der Waals surface area contributed by atoms with Crippen molar-refractivity contribution in [2.75, 3.05) is 19.6 Å². The largest absolute Gasteiger partial charge is 0.444 e. The number of hydrogen-bond acceptors (Lipinski definition) is 5. The van der Waals surface area contributed by atoms with Crippen LogP contribution in [0.1, 0.15) is 29.2 Å². The van der Waals surface area contributed by atoms with Gasteiger partial charge in [-0.2, -0.15) is 0 Å². The van der Waals surface area contributed by atoms with Gasteiger partial charge in [0.15, 0.2) is 5.96 Å². The van der Waals surface area contributed by atoms with Crippen LogP contribution in [-0.4, -0.2) is 35.7 Å². The van der Waals surface area contributed by atoms with Crippen LogP contribution in [0.2, 0.25) is 4.34 Å². The average molecular weight is 433 g/mol. The first kappa shape index (κ1) is 21.4. The van der Waals surface area contributed by atoms with Gasteiger partial charge in [0, 0.05) is 30.0 Å². The Morgan fingerprint density at radius 3 is 2.72 bits per heavy atom. The molecule has 0 saturated heterocycles. The lowest BCUT2D eigenvalue weighted by molar-refractivity contribution is 0.191. The van der Waals surface area contributed by atoms with Crippen molar-refractivity contribution in [1.82, 2.24) is 15.6 Å². The van der Waals surface area contributed by atoms with Gasteiger partial charge < -0.3 is 20.2 Å². The summed E-state index contributed by atoms with van der Waals surface area (Å²) >= 11 is 7.29. The minimum atomic E-state index is -0.671. The minimum absolute atomic E-state index is 0.258. The zero-order valence-corrected chi connectivity index (χ0v) is 18.1. The summed E-state index contributed by atoms with van der Waals surface area (Å²) in [6, 6.07) is 11.7. The SMILES string of the molecule is CCNC(=NCC(O)c1ccc(Cl)s1)NCCc1coc(-c2ccc(C)cc2)n1. The molecule has 29 heavy (non-hydrogen) atoms. The summed E-state index contributed by atoms with van der Waals surface area (Å²) in [4.78, 5) is 9.81. The van der Waals surface area contributed by atoms with Crippen molar-refractivity contribution < 1.29 is 9.52 Å². The molecular formula is C21H25ClN4O2S. The standard InChI is InChI=1S/C21H25ClN4O2S/c1-3-23-21(25-12-17(27)18-8-9-19(22)29-18)24-11-10-16-13-28-20(26-16)15-6-4-14(2)5-7-15/h4-9,13,17,27H,3,10-12H2,1-2H3,(H2,23,24,25). The van der Waals surface area contributed by atoms with E-state index in [2.05, 4.69) is 27.5 Å². The third kappa shape index (κ3) is 6.32. The number of rotatable bonds is 8. The molecule has 154 valence electrons. The van der Waals surface area contributed by atoms with Gasteiger partial charge in [0.2, 0.25) is 5.89 Å². The second-order valence-electron chi connectivity index (χ2n) is 6.56. The maximum absolute atomic E-state index is 10.2. The fourth-order valence-corrected chi connectivity index (χ4v) is 3.71. The lowest BCUT2D eigenvalue weighted by Gasteiger charge is -2.12. The van der Waals surface area contributed by atoms with Crippen molar-refractivity contribution in [2.45, 2.75) is 26.4 Å². The van der Waals surface area contributed by atoms with E-state index in [0.29, 0.717) is 29.2 Å². The smallest absolute Gasteiger partial charge is 0.226 e. The van der Waals surface area contributed by atoms with Gasteiger partial charge in [-0.3, -0.25) is 4.99 Å². The number of nitrogens with one attached hydrogen (secondary N) is 2. The average Bonchev–Trinajstić information content (AvgIpc) is 3.36. The van der Waals surface area contributed by atoms with Gasteiger partial charge in [0.05, 0.1) is 16.6 Å². The molecule has 8 heteroatoms. The molecule has 0 spiro atoms. The van der Waals surface area contributed by atoms with Gasteiger partial charge in [-0.25, -0.2) is 4.98 Å². The van der Waals surface area contributed by atoms with Gasteiger partial charge in [0.25, 0.3) is 0 Å². The Labute approximate surface area is 179 Å². The van der Waals surface area contributed by atoms with Gasteiger partial charge in [-0.05, 0) is 38.1 Å². The summed E-state index contributed by atoms with van der Waals surface area (Å²) in [6.45, 7) is 5.68. The molecule has 0 aliphatic carbocycles. The van der Waals surface area contributed by atoms with Crippen molar-refractivity contribution in [3.63, 3.8) is 0 Å². The van der Waals surface area contributed by atoms with Crippen LogP contribution in [0.3, 0.4) is 0 Å². The second kappa shape index (κ2) is 10.4. The van der Waals surface area contributed by atoms with Crippen LogP contribution >= 0.6 is 22.9 Å². The molecule has 1 atom stereocenters. The molecule has 3 rings (SSSR count). The molecule has 1 unspecified atom stereocenters. The summed E-state index contributed by atoms with van der Waals surface area (Å²) in [5, 5.41) is 16.7. The van der Waals surface area contributed by atoms with Gasteiger partial charge in [-0.15, -0.1) is 11.3 Å². The first-order chi connectivity index (χ1) is 14.0. The van der Waals surface area contributed by atoms with E-state index in [0.717, 1.165) is 22.7 Å². The van der Waals surface area contributed by atoms with E-state index in [-0.39, 0.29) is 6.54 Å². The number of guanidine groups is 1. The second-order valence-corrected chi connectivity index (χ2v) is 8.31. The number of hydrogen-bond donors (Lipinski definition) is 3. The molecule has 3 aromatic rings. The van der Waals surface area contributed by atoms with Crippen LogP contribution in [0.15, 0.2) is 52.1 Å². The molecule has 3 N–H and O–H groups in total. The quantitative estimate of drug-likeness (QED) is 0.367. The van der Waals surface area contributed by atoms with Crippen LogP contribution in [-0.2, 0) is 6.42 Å². The lowest BCUT2D eigenvalue weighted by Crippen LogP contribution is -2.38. The summed E-state index contributed by atoms with van der Waals surface area (Å²) in [5.74, 6) is 1.27. The van der Waals surface area contributed by atoms with E-state index >= 15 is 0 Å². The highest BCUT2D eigenvalue weighted by Crippen LogP contribution is 2.26. The number of oxazole rings is 1. The summed E-state index contributed by atoms with van der Waals surface area (Å²) in [6.07, 6.45) is 1.71. The number of nitrogens with zero attached hydrogens (tertiary/aromatic N) is 2. The Morgan fingerprint density at radius 1 is 1.24 bits per heavy atom. The molecule has 0 saturated carbocycles. The van der Waals surface area contributed by atoms with Crippen LogP contribution < -0.4 is 10.6 Å². The highest BCUT2D eigenvalue weighted by molar-refractivity contribution is 7.16. The zero-order valence-electron chi connectivity index (χ0n) is 16.5. The Kier molecular flexibility index (Phi) is 7.69. The van der Waals surface area contributed by atoms with Gasteiger partial charge in [-0.1, -0.05) is 29.3 Å².